The van der Waals surface area contributed by atoms with E-state index < -0.39 is 0 Å². The molecule has 1 amide bonds. The SMILES string of the molecule is CCNCc1ccccc1NC(=O)C(CC)c1ccccc1.Cl. The minimum atomic E-state index is -0.117. The molecular formula is C19H25ClN2O. The predicted molar refractivity (Wildman–Crippen MR) is 99.2 cm³/mol. The number of halogens is 1. The second kappa shape index (κ2) is 10.0. The minimum Gasteiger partial charge on any atom is -0.325 e. The molecule has 0 fully saturated rings. The first-order chi connectivity index (χ1) is 10.8. The first-order valence-electron chi connectivity index (χ1n) is 7.90. The predicted octanol–water partition coefficient (Wildman–Crippen LogP) is 4.35. The van der Waals surface area contributed by atoms with Gasteiger partial charge in [-0.3, -0.25) is 4.79 Å². The molecule has 0 spiro atoms. The lowest BCUT2D eigenvalue weighted by Gasteiger charge is -2.17. The van der Waals surface area contributed by atoms with E-state index in [2.05, 4.69) is 17.6 Å². The molecule has 0 bridgehead atoms. The van der Waals surface area contributed by atoms with Crippen LogP contribution in [-0.4, -0.2) is 12.5 Å². The maximum Gasteiger partial charge on any atom is 0.231 e. The molecule has 2 rings (SSSR count). The summed E-state index contributed by atoms with van der Waals surface area (Å²) in [6, 6.07) is 17.9. The number of rotatable bonds is 7. The van der Waals surface area contributed by atoms with Crippen molar-refractivity contribution in [2.45, 2.75) is 32.7 Å². The van der Waals surface area contributed by atoms with Crippen LogP contribution in [-0.2, 0) is 11.3 Å². The van der Waals surface area contributed by atoms with E-state index >= 15 is 0 Å². The van der Waals surface area contributed by atoms with E-state index in [0.717, 1.165) is 36.3 Å². The van der Waals surface area contributed by atoms with Crippen molar-refractivity contribution >= 4 is 24.0 Å². The molecule has 124 valence electrons. The van der Waals surface area contributed by atoms with Crippen LogP contribution in [0.15, 0.2) is 54.6 Å². The van der Waals surface area contributed by atoms with Gasteiger partial charge in [-0.2, -0.15) is 0 Å². The molecule has 1 atom stereocenters. The van der Waals surface area contributed by atoms with Crippen LogP contribution in [0.3, 0.4) is 0 Å². The number of carbonyl (C=O) groups is 1. The highest BCUT2D eigenvalue weighted by molar-refractivity contribution is 5.96. The molecule has 0 heterocycles. The molecule has 0 aromatic heterocycles. The lowest BCUT2D eigenvalue weighted by Crippen LogP contribution is -2.22. The normalized spacial score (nSPS) is 11.4. The van der Waals surface area contributed by atoms with Crippen molar-refractivity contribution in [1.29, 1.82) is 0 Å². The Bertz CT molecular complexity index is 601. The van der Waals surface area contributed by atoms with E-state index in [1.165, 1.54) is 0 Å². The average molecular weight is 333 g/mol. The summed E-state index contributed by atoms with van der Waals surface area (Å²) in [5.41, 5.74) is 3.06. The van der Waals surface area contributed by atoms with E-state index in [4.69, 9.17) is 0 Å². The third-order valence-electron chi connectivity index (χ3n) is 3.77. The summed E-state index contributed by atoms with van der Waals surface area (Å²) in [5, 5.41) is 6.39. The molecule has 2 aromatic carbocycles. The van der Waals surface area contributed by atoms with Crippen LogP contribution in [0.1, 0.15) is 37.3 Å². The molecule has 2 aromatic rings. The number of nitrogens with one attached hydrogen (secondary N) is 2. The van der Waals surface area contributed by atoms with Crippen molar-refractivity contribution in [3.63, 3.8) is 0 Å². The molecular weight excluding hydrogens is 308 g/mol. The summed E-state index contributed by atoms with van der Waals surface area (Å²) in [5.74, 6) is -0.0639. The summed E-state index contributed by atoms with van der Waals surface area (Å²) >= 11 is 0. The van der Waals surface area contributed by atoms with Crippen molar-refractivity contribution in [3.05, 3.63) is 65.7 Å². The molecule has 0 aliphatic rings. The number of benzene rings is 2. The number of anilines is 1. The van der Waals surface area contributed by atoms with Gasteiger partial charge in [0.15, 0.2) is 0 Å². The van der Waals surface area contributed by atoms with Crippen LogP contribution in [0.25, 0.3) is 0 Å². The summed E-state index contributed by atoms with van der Waals surface area (Å²) in [7, 11) is 0. The van der Waals surface area contributed by atoms with Crippen LogP contribution in [0.5, 0.6) is 0 Å². The van der Waals surface area contributed by atoms with Gasteiger partial charge in [0.1, 0.15) is 0 Å². The minimum absolute atomic E-state index is 0. The van der Waals surface area contributed by atoms with Crippen molar-refractivity contribution in [3.8, 4) is 0 Å². The van der Waals surface area contributed by atoms with Crippen molar-refractivity contribution < 1.29 is 4.79 Å². The van der Waals surface area contributed by atoms with Gasteiger partial charge in [0.2, 0.25) is 5.91 Å². The van der Waals surface area contributed by atoms with E-state index in [1.807, 2.05) is 61.5 Å². The molecule has 0 aliphatic carbocycles. The Morgan fingerprint density at radius 2 is 1.65 bits per heavy atom. The fourth-order valence-electron chi connectivity index (χ4n) is 2.53. The number of para-hydroxylation sites is 1. The van der Waals surface area contributed by atoms with Gasteiger partial charge in [-0.15, -0.1) is 12.4 Å². The molecule has 4 heteroatoms. The molecule has 0 aliphatic heterocycles. The fraction of sp³-hybridized carbons (Fsp3) is 0.316. The number of amides is 1. The van der Waals surface area contributed by atoms with Crippen molar-refractivity contribution in [2.75, 3.05) is 11.9 Å². The molecule has 0 radical (unpaired) electrons. The van der Waals surface area contributed by atoms with Gasteiger partial charge in [-0.05, 0) is 30.2 Å². The lowest BCUT2D eigenvalue weighted by atomic mass is 9.95. The number of carbonyl (C=O) groups excluding carboxylic acids is 1. The quantitative estimate of drug-likeness (QED) is 0.791. The summed E-state index contributed by atoms with van der Waals surface area (Å²) < 4.78 is 0. The van der Waals surface area contributed by atoms with Crippen molar-refractivity contribution in [1.82, 2.24) is 5.32 Å². The largest absolute Gasteiger partial charge is 0.325 e. The highest BCUT2D eigenvalue weighted by atomic mass is 35.5. The Kier molecular flexibility index (Phi) is 8.38. The van der Waals surface area contributed by atoms with E-state index in [-0.39, 0.29) is 24.2 Å². The highest BCUT2D eigenvalue weighted by Gasteiger charge is 2.19. The molecule has 3 nitrogen and oxygen atoms in total. The summed E-state index contributed by atoms with van der Waals surface area (Å²) in [4.78, 5) is 12.6. The van der Waals surface area contributed by atoms with Gasteiger partial charge >= 0.3 is 0 Å². The summed E-state index contributed by atoms with van der Waals surface area (Å²) in [6.07, 6.45) is 0.783. The van der Waals surface area contributed by atoms with E-state index in [9.17, 15) is 4.79 Å². The van der Waals surface area contributed by atoms with Gasteiger partial charge in [-0.25, -0.2) is 0 Å². The zero-order valence-corrected chi connectivity index (χ0v) is 14.5. The monoisotopic (exact) mass is 332 g/mol. The lowest BCUT2D eigenvalue weighted by molar-refractivity contribution is -0.117. The molecule has 0 saturated heterocycles. The zero-order chi connectivity index (χ0) is 15.8. The maximum atomic E-state index is 12.6. The first-order valence-corrected chi connectivity index (χ1v) is 7.90. The van der Waals surface area contributed by atoms with Crippen LogP contribution in [0, 0.1) is 0 Å². The molecule has 1 unspecified atom stereocenters. The smallest absolute Gasteiger partial charge is 0.231 e. The van der Waals surface area contributed by atoms with Crippen LogP contribution >= 0.6 is 12.4 Å². The van der Waals surface area contributed by atoms with Crippen LogP contribution in [0.4, 0.5) is 5.69 Å². The Morgan fingerprint density at radius 3 is 2.30 bits per heavy atom. The highest BCUT2D eigenvalue weighted by Crippen LogP contribution is 2.23. The average Bonchev–Trinajstić information content (AvgIpc) is 2.56. The first kappa shape index (κ1) is 19.2. The Balaban J connectivity index is 0.00000264. The second-order valence-electron chi connectivity index (χ2n) is 5.30. The van der Waals surface area contributed by atoms with Gasteiger partial charge < -0.3 is 10.6 Å². The standard InChI is InChI=1S/C19H24N2O.ClH/c1-3-17(15-10-6-5-7-11-15)19(22)21-18-13-9-8-12-16(18)14-20-4-2;/h5-13,17,20H,3-4,14H2,1-2H3,(H,21,22);1H. The topological polar surface area (TPSA) is 41.1 Å². The van der Waals surface area contributed by atoms with Gasteiger partial charge in [0, 0.05) is 12.2 Å². The van der Waals surface area contributed by atoms with Crippen molar-refractivity contribution in [2.24, 2.45) is 0 Å². The zero-order valence-electron chi connectivity index (χ0n) is 13.7. The Labute approximate surface area is 144 Å². The van der Waals surface area contributed by atoms with E-state index in [0.29, 0.717) is 0 Å². The third kappa shape index (κ3) is 5.38. The van der Waals surface area contributed by atoms with Gasteiger partial charge in [0.25, 0.3) is 0 Å². The number of hydrogen-bond donors (Lipinski definition) is 2. The van der Waals surface area contributed by atoms with Gasteiger partial charge in [-0.1, -0.05) is 62.4 Å². The fourth-order valence-corrected chi connectivity index (χ4v) is 2.53. The van der Waals surface area contributed by atoms with E-state index in [1.54, 1.807) is 0 Å². The number of hydrogen-bond acceptors (Lipinski definition) is 2. The molecule has 23 heavy (non-hydrogen) atoms. The van der Waals surface area contributed by atoms with Crippen LogP contribution < -0.4 is 10.6 Å². The third-order valence-corrected chi connectivity index (χ3v) is 3.77. The Hall–Kier alpha value is -1.84. The maximum absolute atomic E-state index is 12.6. The molecule has 2 N–H and O–H groups in total. The van der Waals surface area contributed by atoms with Crippen LogP contribution in [0.2, 0.25) is 0 Å². The summed E-state index contributed by atoms with van der Waals surface area (Å²) in [6.45, 7) is 5.78. The molecule has 0 saturated carbocycles. The Morgan fingerprint density at radius 1 is 1.00 bits per heavy atom. The second-order valence-corrected chi connectivity index (χ2v) is 5.30. The van der Waals surface area contributed by atoms with Gasteiger partial charge in [0.05, 0.1) is 5.92 Å².